The zero-order valence-electron chi connectivity index (χ0n) is 21.3. The second-order valence-electron chi connectivity index (χ2n) is 11.5. The van der Waals surface area contributed by atoms with Crippen molar-refractivity contribution in [3.05, 3.63) is 23.8 Å². The van der Waals surface area contributed by atoms with Gasteiger partial charge in [0.2, 0.25) is 0 Å². The molecule has 0 spiro atoms. The van der Waals surface area contributed by atoms with Crippen molar-refractivity contribution < 1.29 is 10.2 Å². The summed E-state index contributed by atoms with van der Waals surface area (Å²) in [5.41, 5.74) is -0.0657. The molecule has 4 heterocycles. The third kappa shape index (κ3) is 5.33. The lowest BCUT2D eigenvalue weighted by atomic mass is 9.82. The van der Waals surface area contributed by atoms with Gasteiger partial charge in [-0.05, 0) is 121 Å². The first kappa shape index (κ1) is 24.9. The maximum absolute atomic E-state index is 12.1. The van der Waals surface area contributed by atoms with Crippen molar-refractivity contribution in [3.8, 4) is 0 Å². The second-order valence-corrected chi connectivity index (χ2v) is 11.5. The van der Waals surface area contributed by atoms with Gasteiger partial charge in [-0.1, -0.05) is 31.8 Å². The number of aliphatic hydroxyl groups excluding tert-OH is 1. The number of piperidine rings is 4. The molecule has 2 unspecified atom stereocenters. The first-order valence-corrected chi connectivity index (χ1v) is 14.4. The van der Waals surface area contributed by atoms with Crippen molar-refractivity contribution >= 4 is 0 Å². The van der Waals surface area contributed by atoms with E-state index in [2.05, 4.69) is 25.7 Å². The number of likely N-dealkylation sites (tertiary alicyclic amines) is 4. The molecule has 1 aliphatic carbocycles. The van der Waals surface area contributed by atoms with Gasteiger partial charge in [0.05, 0.1) is 12.3 Å². The normalized spacial score (nSPS) is 33.5. The minimum atomic E-state index is -1.26. The third-order valence-electron chi connectivity index (χ3n) is 9.02. The van der Waals surface area contributed by atoms with Crippen LogP contribution in [0.4, 0.5) is 0 Å². The predicted molar refractivity (Wildman–Crippen MR) is 137 cm³/mol. The van der Waals surface area contributed by atoms with Crippen molar-refractivity contribution in [2.75, 3.05) is 52.4 Å². The summed E-state index contributed by atoms with van der Waals surface area (Å²) in [6, 6.07) is 0. The van der Waals surface area contributed by atoms with Crippen molar-refractivity contribution in [2.45, 2.75) is 101 Å². The van der Waals surface area contributed by atoms with Gasteiger partial charge in [0.25, 0.3) is 0 Å². The van der Waals surface area contributed by atoms with Gasteiger partial charge in [-0.15, -0.1) is 0 Å². The molecule has 0 amide bonds. The summed E-state index contributed by atoms with van der Waals surface area (Å²) in [5, 5.41) is 23.7. The fourth-order valence-electron chi connectivity index (χ4n) is 7.23. The fraction of sp³-hybridized carbons (Fsp3) is 0.857. The van der Waals surface area contributed by atoms with Crippen LogP contribution in [0.15, 0.2) is 23.8 Å². The number of nitrogens with zero attached hydrogens (tertiary/aromatic N) is 4. The second kappa shape index (κ2) is 11.5. The minimum Gasteiger partial charge on any atom is -0.386 e. The number of rotatable bonds is 6. The van der Waals surface area contributed by atoms with E-state index in [4.69, 9.17) is 0 Å². The smallest absolute Gasteiger partial charge is 0.141 e. The minimum absolute atomic E-state index is 0.138. The molecular formula is C28H48N4O2. The van der Waals surface area contributed by atoms with Crippen molar-refractivity contribution in [1.82, 2.24) is 19.6 Å². The highest BCUT2D eigenvalue weighted by atomic mass is 16.3. The van der Waals surface area contributed by atoms with Crippen LogP contribution in [0.5, 0.6) is 0 Å². The van der Waals surface area contributed by atoms with E-state index >= 15 is 0 Å². The van der Waals surface area contributed by atoms with Crippen molar-refractivity contribution in [2.24, 2.45) is 0 Å². The average Bonchev–Trinajstić information content (AvgIpc) is 2.89. The molecule has 6 nitrogen and oxygen atoms in total. The molecule has 5 rings (SSSR count). The van der Waals surface area contributed by atoms with E-state index in [-0.39, 0.29) is 12.3 Å². The summed E-state index contributed by atoms with van der Waals surface area (Å²) >= 11 is 0. The quantitative estimate of drug-likeness (QED) is 0.619. The van der Waals surface area contributed by atoms with Crippen molar-refractivity contribution in [1.29, 1.82) is 0 Å². The molecule has 4 saturated heterocycles. The molecule has 0 bridgehead atoms. The monoisotopic (exact) mass is 472 g/mol. The van der Waals surface area contributed by atoms with Gasteiger partial charge < -0.3 is 10.2 Å². The van der Waals surface area contributed by atoms with Crippen LogP contribution in [0.3, 0.4) is 0 Å². The molecule has 192 valence electrons. The zero-order valence-corrected chi connectivity index (χ0v) is 21.3. The topological polar surface area (TPSA) is 53.4 Å². The summed E-state index contributed by atoms with van der Waals surface area (Å²) in [6.45, 7) is 8.62. The molecule has 4 fully saturated rings. The Morgan fingerprint density at radius 2 is 1.00 bits per heavy atom. The molecule has 4 aliphatic heterocycles. The number of aliphatic hydroxyl groups is 2. The van der Waals surface area contributed by atoms with Crippen LogP contribution in [0.25, 0.3) is 0 Å². The fourth-order valence-corrected chi connectivity index (χ4v) is 7.23. The Morgan fingerprint density at radius 3 is 1.38 bits per heavy atom. The Balaban J connectivity index is 1.41. The Kier molecular flexibility index (Phi) is 8.45. The number of hydrogen-bond acceptors (Lipinski definition) is 6. The van der Waals surface area contributed by atoms with Crippen molar-refractivity contribution in [3.63, 3.8) is 0 Å². The molecule has 0 aromatic carbocycles. The lowest BCUT2D eigenvalue weighted by Crippen LogP contribution is -2.67. The highest BCUT2D eigenvalue weighted by molar-refractivity contribution is 5.36. The molecule has 34 heavy (non-hydrogen) atoms. The molecule has 2 N–H and O–H groups in total. The van der Waals surface area contributed by atoms with E-state index in [1.54, 1.807) is 0 Å². The van der Waals surface area contributed by atoms with Gasteiger partial charge in [-0.3, -0.25) is 19.6 Å². The SMILES string of the molecule is OC1C=C(C(N2CCCCC2)N2CCCCC2)C=CC1(O)C(N1CCCCC1)N1CCCCC1. The van der Waals surface area contributed by atoms with Crippen LogP contribution in [0.1, 0.15) is 77.0 Å². The molecule has 6 heteroatoms. The molecular weight excluding hydrogens is 424 g/mol. The number of hydrogen-bond donors (Lipinski definition) is 2. The summed E-state index contributed by atoms with van der Waals surface area (Å²) < 4.78 is 0. The van der Waals surface area contributed by atoms with E-state index in [0.29, 0.717) is 0 Å². The van der Waals surface area contributed by atoms with E-state index in [1.807, 2.05) is 12.2 Å². The van der Waals surface area contributed by atoms with Crippen LogP contribution in [0, 0.1) is 0 Å². The Bertz CT molecular complexity index is 667. The Morgan fingerprint density at radius 1 is 0.618 bits per heavy atom. The van der Waals surface area contributed by atoms with Gasteiger partial charge >= 0.3 is 0 Å². The van der Waals surface area contributed by atoms with Crippen LogP contribution >= 0.6 is 0 Å². The average molecular weight is 473 g/mol. The Hall–Kier alpha value is -0.760. The van der Waals surface area contributed by atoms with E-state index < -0.39 is 11.7 Å². The van der Waals surface area contributed by atoms with Gasteiger partial charge in [-0.2, -0.15) is 0 Å². The zero-order chi connectivity index (χ0) is 23.4. The summed E-state index contributed by atoms with van der Waals surface area (Å²) in [5.74, 6) is 0. The maximum Gasteiger partial charge on any atom is 0.141 e. The summed E-state index contributed by atoms with van der Waals surface area (Å²) in [7, 11) is 0. The first-order valence-electron chi connectivity index (χ1n) is 14.4. The van der Waals surface area contributed by atoms with Crippen LogP contribution in [-0.2, 0) is 0 Å². The van der Waals surface area contributed by atoms with E-state index in [0.717, 1.165) is 52.4 Å². The largest absolute Gasteiger partial charge is 0.386 e. The first-order chi connectivity index (χ1) is 16.7. The van der Waals surface area contributed by atoms with Gasteiger partial charge in [-0.25, -0.2) is 0 Å². The maximum atomic E-state index is 12.1. The van der Waals surface area contributed by atoms with Gasteiger partial charge in [0.1, 0.15) is 11.7 Å². The van der Waals surface area contributed by atoms with Gasteiger partial charge in [0.15, 0.2) is 0 Å². The lowest BCUT2D eigenvalue weighted by Gasteiger charge is -2.52. The van der Waals surface area contributed by atoms with Crippen LogP contribution < -0.4 is 0 Å². The summed E-state index contributed by atoms with van der Waals surface area (Å²) in [6.07, 6.45) is 20.4. The van der Waals surface area contributed by atoms with E-state index in [9.17, 15) is 10.2 Å². The molecule has 2 atom stereocenters. The standard InChI is InChI=1S/C28H48N4O2/c33-25-23-24(26(29-15-5-1-6-16-29)30-17-7-2-8-18-30)13-14-28(25,34)27(31-19-9-3-10-20-31)32-21-11-4-12-22-32/h13-14,23,25-27,33-34H,1-12,15-22H2. The van der Waals surface area contributed by atoms with Gasteiger partial charge in [0, 0.05) is 0 Å². The molecule has 5 aliphatic rings. The molecule has 0 aromatic rings. The molecule has 0 radical (unpaired) electrons. The highest BCUT2D eigenvalue weighted by Gasteiger charge is 2.49. The summed E-state index contributed by atoms with van der Waals surface area (Å²) in [4.78, 5) is 10.2. The predicted octanol–water partition coefficient (Wildman–Crippen LogP) is 3.17. The van der Waals surface area contributed by atoms with E-state index in [1.165, 1.54) is 82.6 Å². The highest BCUT2D eigenvalue weighted by Crippen LogP contribution is 2.36. The molecule has 0 aromatic heterocycles. The third-order valence-corrected chi connectivity index (χ3v) is 9.02. The Labute approximate surface area is 207 Å². The van der Waals surface area contributed by atoms with Crippen LogP contribution in [0.2, 0.25) is 0 Å². The lowest BCUT2D eigenvalue weighted by molar-refractivity contribution is -0.141. The molecule has 0 saturated carbocycles. The van der Waals surface area contributed by atoms with Crippen LogP contribution in [-0.4, -0.2) is 106 Å².